The molecule has 5 nitrogen and oxygen atoms in total. The molecule has 1 unspecified atom stereocenters. The Labute approximate surface area is 161 Å². The molecule has 0 radical (unpaired) electrons. The number of aromatic nitrogens is 2. The van der Waals surface area contributed by atoms with Crippen molar-refractivity contribution < 1.29 is 14.3 Å². The third kappa shape index (κ3) is 4.24. The Kier molecular flexibility index (Phi) is 5.58. The highest BCUT2D eigenvalue weighted by Crippen LogP contribution is 2.28. The summed E-state index contributed by atoms with van der Waals surface area (Å²) in [5.74, 6) is 1.25. The molecule has 2 heterocycles. The fraction of sp³-hybridized carbons (Fsp3) is 0.190. The second-order valence-electron chi connectivity index (χ2n) is 6.11. The van der Waals surface area contributed by atoms with Crippen molar-refractivity contribution in [3.05, 3.63) is 78.8 Å². The highest BCUT2D eigenvalue weighted by Gasteiger charge is 2.15. The van der Waals surface area contributed by atoms with Crippen LogP contribution in [0.4, 0.5) is 0 Å². The zero-order valence-corrected chi connectivity index (χ0v) is 15.5. The molecule has 4 rings (SSSR count). The summed E-state index contributed by atoms with van der Waals surface area (Å²) in [5, 5.41) is 11.1. The molecule has 0 fully saturated rings. The number of aliphatic hydroxyl groups excluding tert-OH is 1. The lowest BCUT2D eigenvalue weighted by Crippen LogP contribution is -2.18. The van der Waals surface area contributed by atoms with Crippen molar-refractivity contribution in [2.75, 3.05) is 12.4 Å². The number of para-hydroxylation sites is 3. The topological polar surface area (TPSA) is 60.4 Å². The van der Waals surface area contributed by atoms with E-state index >= 15 is 0 Å². The standard InChI is InChI=1S/C21H20N2O3S/c24-17(13-25-14-18-9-6-12-26-18)15-27-21-22-19-10-4-5-11-20(19)23(21)16-7-2-1-3-8-16/h1-12,17,24H,13-15H2. The van der Waals surface area contributed by atoms with E-state index in [0.29, 0.717) is 12.4 Å². The van der Waals surface area contributed by atoms with E-state index in [-0.39, 0.29) is 6.61 Å². The van der Waals surface area contributed by atoms with Crippen molar-refractivity contribution in [1.82, 2.24) is 9.55 Å². The number of hydrogen-bond donors (Lipinski definition) is 1. The summed E-state index contributed by atoms with van der Waals surface area (Å²) in [6.45, 7) is 0.608. The molecule has 27 heavy (non-hydrogen) atoms. The number of imidazole rings is 1. The Morgan fingerprint density at radius 3 is 2.67 bits per heavy atom. The highest BCUT2D eigenvalue weighted by molar-refractivity contribution is 7.99. The number of thioether (sulfide) groups is 1. The quantitative estimate of drug-likeness (QED) is 0.462. The van der Waals surface area contributed by atoms with Gasteiger partial charge in [0, 0.05) is 11.4 Å². The molecule has 0 aliphatic heterocycles. The van der Waals surface area contributed by atoms with Gasteiger partial charge in [-0.1, -0.05) is 42.1 Å². The molecule has 1 N–H and O–H groups in total. The van der Waals surface area contributed by atoms with Crippen LogP contribution in [0.15, 0.2) is 82.6 Å². The maximum atomic E-state index is 10.3. The van der Waals surface area contributed by atoms with Gasteiger partial charge in [-0.3, -0.25) is 4.57 Å². The number of fused-ring (bicyclic) bond motifs is 1. The molecule has 0 aliphatic rings. The third-order valence-electron chi connectivity index (χ3n) is 4.08. The molecule has 0 bridgehead atoms. The highest BCUT2D eigenvalue weighted by atomic mass is 32.2. The van der Waals surface area contributed by atoms with Crippen LogP contribution in [0.25, 0.3) is 16.7 Å². The maximum Gasteiger partial charge on any atom is 0.173 e. The third-order valence-corrected chi connectivity index (χ3v) is 5.17. The molecule has 0 saturated heterocycles. The summed E-state index contributed by atoms with van der Waals surface area (Å²) in [7, 11) is 0. The average molecular weight is 380 g/mol. The molecular weight excluding hydrogens is 360 g/mol. The Morgan fingerprint density at radius 1 is 1.04 bits per heavy atom. The SMILES string of the molecule is OC(COCc1ccco1)CSc1nc2ccccc2n1-c1ccccc1. The summed E-state index contributed by atoms with van der Waals surface area (Å²) < 4.78 is 12.9. The van der Waals surface area contributed by atoms with Gasteiger partial charge in [-0.15, -0.1) is 0 Å². The molecule has 0 amide bonds. The van der Waals surface area contributed by atoms with Crippen molar-refractivity contribution in [3.63, 3.8) is 0 Å². The van der Waals surface area contributed by atoms with Gasteiger partial charge in [0.25, 0.3) is 0 Å². The van der Waals surface area contributed by atoms with E-state index in [2.05, 4.69) is 22.8 Å². The second kappa shape index (κ2) is 8.43. The van der Waals surface area contributed by atoms with Crippen molar-refractivity contribution in [3.8, 4) is 5.69 Å². The fourth-order valence-electron chi connectivity index (χ4n) is 2.84. The predicted molar refractivity (Wildman–Crippen MR) is 106 cm³/mol. The summed E-state index contributed by atoms with van der Waals surface area (Å²) in [5.41, 5.74) is 3.04. The van der Waals surface area contributed by atoms with Crippen LogP contribution >= 0.6 is 11.8 Å². The molecule has 0 aliphatic carbocycles. The van der Waals surface area contributed by atoms with Crippen LogP contribution in [0, 0.1) is 0 Å². The van der Waals surface area contributed by atoms with Crippen molar-refractivity contribution >= 4 is 22.8 Å². The zero-order chi connectivity index (χ0) is 18.5. The molecule has 138 valence electrons. The monoisotopic (exact) mass is 380 g/mol. The van der Waals surface area contributed by atoms with E-state index in [1.54, 1.807) is 6.26 Å². The van der Waals surface area contributed by atoms with Crippen LogP contribution < -0.4 is 0 Å². The predicted octanol–water partition coefficient (Wildman–Crippen LogP) is 4.29. The minimum absolute atomic E-state index is 0.249. The Bertz CT molecular complexity index is 983. The first-order valence-electron chi connectivity index (χ1n) is 8.75. The lowest BCUT2D eigenvalue weighted by atomic mass is 10.3. The normalized spacial score (nSPS) is 12.5. The molecular formula is C21H20N2O3S. The minimum Gasteiger partial charge on any atom is -0.467 e. The van der Waals surface area contributed by atoms with Gasteiger partial charge < -0.3 is 14.3 Å². The zero-order valence-electron chi connectivity index (χ0n) is 14.7. The van der Waals surface area contributed by atoms with Gasteiger partial charge in [0.05, 0.1) is 30.0 Å². The van der Waals surface area contributed by atoms with Crippen molar-refractivity contribution in [2.45, 2.75) is 17.9 Å². The summed E-state index contributed by atoms with van der Waals surface area (Å²) >= 11 is 1.52. The van der Waals surface area contributed by atoms with Crippen LogP contribution in [0.2, 0.25) is 0 Å². The van der Waals surface area contributed by atoms with Gasteiger partial charge in [-0.05, 0) is 36.4 Å². The van der Waals surface area contributed by atoms with Crippen LogP contribution in [0.1, 0.15) is 5.76 Å². The van der Waals surface area contributed by atoms with Crippen molar-refractivity contribution in [2.24, 2.45) is 0 Å². The van der Waals surface area contributed by atoms with E-state index in [4.69, 9.17) is 14.1 Å². The number of benzene rings is 2. The molecule has 2 aromatic heterocycles. The average Bonchev–Trinajstić information content (AvgIpc) is 3.34. The van der Waals surface area contributed by atoms with Gasteiger partial charge in [-0.2, -0.15) is 0 Å². The van der Waals surface area contributed by atoms with Gasteiger partial charge >= 0.3 is 0 Å². The smallest absolute Gasteiger partial charge is 0.173 e. The number of furan rings is 1. The van der Waals surface area contributed by atoms with E-state index in [1.807, 2.05) is 48.5 Å². The molecule has 6 heteroatoms. The van der Waals surface area contributed by atoms with Crippen LogP contribution in [0.3, 0.4) is 0 Å². The van der Waals surface area contributed by atoms with Crippen LogP contribution in [-0.4, -0.2) is 33.1 Å². The molecule has 0 saturated carbocycles. The van der Waals surface area contributed by atoms with E-state index < -0.39 is 6.10 Å². The lowest BCUT2D eigenvalue weighted by molar-refractivity contribution is 0.0328. The summed E-state index contributed by atoms with van der Waals surface area (Å²) in [4.78, 5) is 4.74. The Balaban J connectivity index is 1.45. The number of rotatable bonds is 8. The molecule has 4 aromatic rings. The second-order valence-corrected chi connectivity index (χ2v) is 7.10. The largest absolute Gasteiger partial charge is 0.467 e. The number of hydrogen-bond acceptors (Lipinski definition) is 5. The van der Waals surface area contributed by atoms with Gasteiger partial charge in [0.1, 0.15) is 12.4 Å². The maximum absolute atomic E-state index is 10.3. The molecule has 0 spiro atoms. The summed E-state index contributed by atoms with van der Waals surface area (Å²) in [6.07, 6.45) is 1.02. The van der Waals surface area contributed by atoms with Crippen LogP contribution in [0.5, 0.6) is 0 Å². The van der Waals surface area contributed by atoms with Gasteiger partial charge in [0.2, 0.25) is 0 Å². The molecule has 1 atom stereocenters. The fourth-order valence-corrected chi connectivity index (χ4v) is 3.77. The van der Waals surface area contributed by atoms with Crippen LogP contribution in [-0.2, 0) is 11.3 Å². The Morgan fingerprint density at radius 2 is 1.85 bits per heavy atom. The first-order valence-corrected chi connectivity index (χ1v) is 9.74. The number of aliphatic hydroxyl groups is 1. The first-order chi connectivity index (χ1) is 13.3. The number of ether oxygens (including phenoxy) is 1. The van der Waals surface area contributed by atoms with E-state index in [1.165, 1.54) is 11.8 Å². The number of nitrogens with zero attached hydrogens (tertiary/aromatic N) is 2. The van der Waals surface area contributed by atoms with Gasteiger partial charge in [0.15, 0.2) is 5.16 Å². The van der Waals surface area contributed by atoms with Gasteiger partial charge in [-0.25, -0.2) is 4.98 Å². The Hall–Kier alpha value is -2.54. The van der Waals surface area contributed by atoms with E-state index in [9.17, 15) is 5.11 Å². The lowest BCUT2D eigenvalue weighted by Gasteiger charge is -2.12. The minimum atomic E-state index is -0.589. The summed E-state index contributed by atoms with van der Waals surface area (Å²) in [6, 6.07) is 21.8. The van der Waals surface area contributed by atoms with Crippen molar-refractivity contribution in [1.29, 1.82) is 0 Å². The first kappa shape index (κ1) is 17.9. The molecule has 2 aromatic carbocycles. The van der Waals surface area contributed by atoms with E-state index in [0.717, 1.165) is 27.6 Å².